The highest BCUT2D eigenvalue weighted by molar-refractivity contribution is 7.18. The lowest BCUT2D eigenvalue weighted by Crippen LogP contribution is -1.93. The van der Waals surface area contributed by atoms with E-state index in [9.17, 15) is 0 Å². The zero-order chi connectivity index (χ0) is 11.8. The zero-order valence-electron chi connectivity index (χ0n) is 9.51. The second-order valence-corrected chi connectivity index (χ2v) is 4.73. The van der Waals surface area contributed by atoms with Gasteiger partial charge < -0.3 is 5.32 Å². The van der Waals surface area contributed by atoms with Crippen LogP contribution in [0.3, 0.4) is 0 Å². The van der Waals surface area contributed by atoms with E-state index >= 15 is 0 Å². The van der Waals surface area contributed by atoms with E-state index in [-0.39, 0.29) is 0 Å². The SMILES string of the molecule is Cc1csc2c(Nc3cnn(C)c3)ncnc12. The predicted octanol–water partition coefficient (Wildman–Crippen LogP) is 2.48. The molecule has 0 atom stereocenters. The number of anilines is 2. The Bertz CT molecular complexity index is 669. The lowest BCUT2D eigenvalue weighted by Gasteiger charge is -2.02. The third kappa shape index (κ3) is 1.76. The standard InChI is InChI=1S/C11H11N5S/c1-7-5-17-10-9(7)12-6-13-11(10)15-8-3-14-16(2)4-8/h3-6H,1-2H3,(H,12,13,15). The molecule has 17 heavy (non-hydrogen) atoms. The molecule has 86 valence electrons. The van der Waals surface area contributed by atoms with Crippen LogP contribution in [0.15, 0.2) is 24.1 Å². The van der Waals surface area contributed by atoms with Crippen LogP contribution in [-0.4, -0.2) is 19.7 Å². The molecule has 0 saturated heterocycles. The van der Waals surface area contributed by atoms with Crippen molar-refractivity contribution in [3.05, 3.63) is 29.7 Å². The summed E-state index contributed by atoms with van der Waals surface area (Å²) in [6.07, 6.45) is 5.27. The number of hydrogen-bond acceptors (Lipinski definition) is 5. The molecule has 0 unspecified atom stereocenters. The van der Waals surface area contributed by atoms with Gasteiger partial charge in [0.15, 0.2) is 5.82 Å². The van der Waals surface area contributed by atoms with Crippen molar-refractivity contribution in [2.24, 2.45) is 7.05 Å². The minimum atomic E-state index is 0.834. The van der Waals surface area contributed by atoms with Gasteiger partial charge in [0, 0.05) is 13.2 Å². The average molecular weight is 245 g/mol. The summed E-state index contributed by atoms with van der Waals surface area (Å²) < 4.78 is 2.83. The molecule has 0 radical (unpaired) electrons. The van der Waals surface area contributed by atoms with E-state index in [0.29, 0.717) is 0 Å². The van der Waals surface area contributed by atoms with Gasteiger partial charge in [0.1, 0.15) is 6.33 Å². The number of hydrogen-bond donors (Lipinski definition) is 1. The molecule has 0 bridgehead atoms. The van der Waals surface area contributed by atoms with E-state index in [0.717, 1.165) is 21.7 Å². The molecule has 0 fully saturated rings. The summed E-state index contributed by atoms with van der Waals surface area (Å²) in [6, 6.07) is 0. The lowest BCUT2D eigenvalue weighted by atomic mass is 10.3. The van der Waals surface area contributed by atoms with Crippen molar-refractivity contribution in [2.75, 3.05) is 5.32 Å². The van der Waals surface area contributed by atoms with Crippen molar-refractivity contribution in [1.82, 2.24) is 19.7 Å². The maximum atomic E-state index is 4.29. The summed E-state index contributed by atoms with van der Waals surface area (Å²) >= 11 is 1.65. The van der Waals surface area contributed by atoms with Crippen LogP contribution in [0.4, 0.5) is 11.5 Å². The number of fused-ring (bicyclic) bond motifs is 1. The third-order valence-corrected chi connectivity index (χ3v) is 3.59. The van der Waals surface area contributed by atoms with Gasteiger partial charge in [-0.2, -0.15) is 5.10 Å². The first-order valence-electron chi connectivity index (χ1n) is 5.18. The Morgan fingerprint density at radius 3 is 3.00 bits per heavy atom. The largest absolute Gasteiger partial charge is 0.336 e. The average Bonchev–Trinajstić information content (AvgIpc) is 2.88. The highest BCUT2D eigenvalue weighted by Crippen LogP contribution is 2.29. The maximum Gasteiger partial charge on any atom is 0.151 e. The van der Waals surface area contributed by atoms with Crippen molar-refractivity contribution in [3.63, 3.8) is 0 Å². The van der Waals surface area contributed by atoms with Crippen LogP contribution >= 0.6 is 11.3 Å². The Balaban J connectivity index is 2.05. The highest BCUT2D eigenvalue weighted by atomic mass is 32.1. The molecular formula is C11H11N5S. The summed E-state index contributed by atoms with van der Waals surface area (Å²) in [5.74, 6) is 0.834. The van der Waals surface area contributed by atoms with Gasteiger partial charge in [-0.15, -0.1) is 11.3 Å². The van der Waals surface area contributed by atoms with Crippen LogP contribution in [-0.2, 0) is 7.05 Å². The van der Waals surface area contributed by atoms with Gasteiger partial charge >= 0.3 is 0 Å². The minimum absolute atomic E-state index is 0.834. The summed E-state index contributed by atoms with van der Waals surface area (Å²) in [5, 5.41) is 9.46. The fraction of sp³-hybridized carbons (Fsp3) is 0.182. The zero-order valence-corrected chi connectivity index (χ0v) is 10.3. The molecule has 3 aromatic heterocycles. The second-order valence-electron chi connectivity index (χ2n) is 3.85. The molecular weight excluding hydrogens is 234 g/mol. The highest BCUT2D eigenvalue weighted by Gasteiger charge is 2.08. The van der Waals surface area contributed by atoms with Crippen LogP contribution in [0.25, 0.3) is 10.2 Å². The van der Waals surface area contributed by atoms with Crippen LogP contribution in [0.2, 0.25) is 0 Å². The van der Waals surface area contributed by atoms with E-state index in [1.807, 2.05) is 13.2 Å². The molecule has 0 aliphatic rings. The topological polar surface area (TPSA) is 55.6 Å². The molecule has 0 aliphatic heterocycles. The molecule has 3 aromatic rings. The van der Waals surface area contributed by atoms with Gasteiger partial charge in [-0.05, 0) is 17.9 Å². The van der Waals surface area contributed by atoms with Gasteiger partial charge in [0.05, 0.1) is 22.1 Å². The van der Waals surface area contributed by atoms with Crippen LogP contribution < -0.4 is 5.32 Å². The number of aryl methyl sites for hydroxylation is 2. The Kier molecular flexibility index (Phi) is 2.29. The Morgan fingerprint density at radius 2 is 2.24 bits per heavy atom. The van der Waals surface area contributed by atoms with Gasteiger partial charge in [-0.25, -0.2) is 9.97 Å². The third-order valence-electron chi connectivity index (χ3n) is 2.50. The molecule has 0 amide bonds. The van der Waals surface area contributed by atoms with Crippen molar-refractivity contribution >= 4 is 33.1 Å². The smallest absolute Gasteiger partial charge is 0.151 e. The number of rotatable bonds is 2. The van der Waals surface area contributed by atoms with Crippen LogP contribution in [0.1, 0.15) is 5.56 Å². The summed E-state index contributed by atoms with van der Waals surface area (Å²) in [5.41, 5.74) is 3.12. The first kappa shape index (κ1) is 10.2. The van der Waals surface area contributed by atoms with Gasteiger partial charge in [-0.1, -0.05) is 0 Å². The normalized spacial score (nSPS) is 10.9. The van der Waals surface area contributed by atoms with Gasteiger partial charge in [-0.3, -0.25) is 4.68 Å². The summed E-state index contributed by atoms with van der Waals surface area (Å²) in [6.45, 7) is 2.06. The number of aromatic nitrogens is 4. The number of thiophene rings is 1. The van der Waals surface area contributed by atoms with Crippen molar-refractivity contribution in [2.45, 2.75) is 6.92 Å². The molecule has 0 aliphatic carbocycles. The maximum absolute atomic E-state index is 4.29. The second kappa shape index (κ2) is 3.81. The summed E-state index contributed by atoms with van der Waals surface area (Å²) in [7, 11) is 1.88. The van der Waals surface area contributed by atoms with E-state index in [1.54, 1.807) is 28.5 Å². The molecule has 0 aromatic carbocycles. The summed E-state index contributed by atoms with van der Waals surface area (Å²) in [4.78, 5) is 8.56. The lowest BCUT2D eigenvalue weighted by molar-refractivity contribution is 0.768. The molecule has 5 nitrogen and oxygen atoms in total. The number of nitrogens with zero attached hydrogens (tertiary/aromatic N) is 4. The van der Waals surface area contributed by atoms with E-state index in [2.05, 4.69) is 32.7 Å². The number of nitrogens with one attached hydrogen (secondary N) is 1. The Labute approximate surface area is 102 Å². The molecule has 3 rings (SSSR count). The molecule has 0 spiro atoms. The van der Waals surface area contributed by atoms with E-state index < -0.39 is 0 Å². The van der Waals surface area contributed by atoms with Crippen LogP contribution in [0, 0.1) is 6.92 Å². The Morgan fingerprint density at radius 1 is 1.35 bits per heavy atom. The fourth-order valence-electron chi connectivity index (χ4n) is 1.68. The van der Waals surface area contributed by atoms with Crippen LogP contribution in [0.5, 0.6) is 0 Å². The first-order valence-corrected chi connectivity index (χ1v) is 6.06. The van der Waals surface area contributed by atoms with Gasteiger partial charge in [0.2, 0.25) is 0 Å². The van der Waals surface area contributed by atoms with E-state index in [1.165, 1.54) is 5.56 Å². The Hall–Kier alpha value is -1.95. The van der Waals surface area contributed by atoms with Gasteiger partial charge in [0.25, 0.3) is 0 Å². The first-order chi connectivity index (χ1) is 8.24. The molecule has 0 saturated carbocycles. The van der Waals surface area contributed by atoms with Crippen molar-refractivity contribution in [3.8, 4) is 0 Å². The molecule has 3 heterocycles. The minimum Gasteiger partial charge on any atom is -0.336 e. The molecule has 6 heteroatoms. The van der Waals surface area contributed by atoms with Crippen molar-refractivity contribution in [1.29, 1.82) is 0 Å². The van der Waals surface area contributed by atoms with Crippen molar-refractivity contribution < 1.29 is 0 Å². The quantitative estimate of drug-likeness (QED) is 0.753. The monoisotopic (exact) mass is 245 g/mol. The van der Waals surface area contributed by atoms with E-state index in [4.69, 9.17) is 0 Å². The predicted molar refractivity (Wildman–Crippen MR) is 68.6 cm³/mol. The fourth-order valence-corrected chi connectivity index (χ4v) is 2.63. The molecule has 1 N–H and O–H groups in total.